The zero-order valence-corrected chi connectivity index (χ0v) is 5.34. The maximum atomic E-state index is 11.8. The van der Waals surface area contributed by atoms with Crippen LogP contribution in [0.25, 0.3) is 0 Å². The lowest BCUT2D eigenvalue weighted by Crippen LogP contribution is -2.20. The molecule has 0 fully saturated rings. The van der Waals surface area contributed by atoms with Crippen molar-refractivity contribution in [2.24, 2.45) is 0 Å². The molecule has 1 unspecified atom stereocenters. The van der Waals surface area contributed by atoms with Gasteiger partial charge in [-0.2, -0.15) is 13.2 Å². The van der Waals surface area contributed by atoms with Crippen LogP contribution in [0.1, 0.15) is 6.42 Å². The first kappa shape index (κ1) is 9.68. The minimum Gasteiger partial charge on any atom is -0.278 e. The second kappa shape index (κ2) is 3.18. The highest BCUT2D eigenvalue weighted by molar-refractivity contribution is 6.64. The number of rotatable bonds is 2. The van der Waals surface area contributed by atoms with E-state index in [1.807, 2.05) is 0 Å². The van der Waals surface area contributed by atoms with Gasteiger partial charge in [0.25, 0.3) is 5.24 Å². The Bertz CT molecular complexity index is 132. The molecule has 60 valence electrons. The fourth-order valence-corrected chi connectivity index (χ4v) is 0.361. The lowest BCUT2D eigenvalue weighted by atomic mass is 10.3. The summed E-state index contributed by atoms with van der Waals surface area (Å²) in [5, 5.41) is -1.61. The first-order chi connectivity index (χ1) is 4.33. The lowest BCUT2D eigenvalue weighted by Gasteiger charge is -2.05. The van der Waals surface area contributed by atoms with Crippen molar-refractivity contribution in [1.82, 2.24) is 0 Å². The van der Waals surface area contributed by atoms with Gasteiger partial charge >= 0.3 is 6.18 Å². The lowest BCUT2D eigenvalue weighted by molar-refractivity contribution is -0.151. The van der Waals surface area contributed by atoms with Crippen LogP contribution >= 0.6 is 11.6 Å². The van der Waals surface area contributed by atoms with Gasteiger partial charge in [0.2, 0.25) is 0 Å². The summed E-state index contributed by atoms with van der Waals surface area (Å²) >= 11 is 4.42. The second-order valence-corrected chi connectivity index (χ2v) is 1.96. The third kappa shape index (κ3) is 4.55. The van der Waals surface area contributed by atoms with Crippen LogP contribution < -0.4 is 0 Å². The van der Waals surface area contributed by atoms with Crippen molar-refractivity contribution in [1.29, 1.82) is 0 Å². The fraction of sp³-hybridized carbons (Fsp3) is 0.750. The average Bonchev–Trinajstić information content (AvgIpc) is 1.60. The monoisotopic (exact) mass is 178 g/mol. The molecule has 0 radical (unpaired) electrons. The van der Waals surface area contributed by atoms with Gasteiger partial charge in [-0.1, -0.05) is 0 Å². The molecule has 0 saturated carbocycles. The van der Waals surface area contributed by atoms with Crippen LogP contribution in [-0.2, 0) is 4.79 Å². The van der Waals surface area contributed by atoms with E-state index in [-0.39, 0.29) is 0 Å². The first-order valence-corrected chi connectivity index (χ1v) is 2.61. The molecule has 0 spiro atoms. The highest BCUT2D eigenvalue weighted by Gasteiger charge is 2.34. The smallest absolute Gasteiger partial charge is 0.278 e. The summed E-state index contributed by atoms with van der Waals surface area (Å²) in [6.45, 7) is 0. The van der Waals surface area contributed by atoms with Crippen LogP contribution in [0, 0.1) is 0 Å². The van der Waals surface area contributed by atoms with E-state index in [4.69, 9.17) is 0 Å². The average molecular weight is 179 g/mol. The van der Waals surface area contributed by atoms with Gasteiger partial charge in [0.1, 0.15) is 0 Å². The van der Waals surface area contributed by atoms with E-state index in [0.29, 0.717) is 0 Å². The van der Waals surface area contributed by atoms with E-state index < -0.39 is 24.0 Å². The third-order valence-corrected chi connectivity index (χ3v) is 0.894. The van der Waals surface area contributed by atoms with Crippen LogP contribution in [0.4, 0.5) is 17.6 Å². The number of halogens is 5. The Morgan fingerprint density at radius 1 is 1.50 bits per heavy atom. The number of alkyl halides is 4. The molecule has 1 nitrogen and oxygen atoms in total. The first-order valence-electron chi connectivity index (χ1n) is 2.23. The molecule has 10 heavy (non-hydrogen) atoms. The van der Waals surface area contributed by atoms with Crippen LogP contribution in [0.3, 0.4) is 0 Å². The fourth-order valence-electron chi connectivity index (χ4n) is 0.283. The number of carbonyl (C=O) groups is 1. The molecule has 0 aromatic heterocycles. The van der Waals surface area contributed by atoms with Gasteiger partial charge in [0, 0.05) is 0 Å². The summed E-state index contributed by atoms with van der Waals surface area (Å²) in [5.74, 6) is 0. The van der Waals surface area contributed by atoms with Crippen molar-refractivity contribution >= 4 is 16.8 Å². The molecule has 0 amide bonds. The van der Waals surface area contributed by atoms with Crippen LogP contribution in [0.5, 0.6) is 0 Å². The number of carbonyl (C=O) groups excluding carboxylic acids is 1. The molecule has 0 heterocycles. The third-order valence-electron chi connectivity index (χ3n) is 0.657. The van der Waals surface area contributed by atoms with Crippen molar-refractivity contribution in [3.8, 4) is 0 Å². The van der Waals surface area contributed by atoms with Gasteiger partial charge in [0.05, 0.1) is 6.42 Å². The van der Waals surface area contributed by atoms with E-state index in [1.165, 1.54) is 0 Å². The molecule has 0 aliphatic carbocycles. The van der Waals surface area contributed by atoms with E-state index >= 15 is 0 Å². The molecule has 0 bridgehead atoms. The highest BCUT2D eigenvalue weighted by atomic mass is 35.5. The Morgan fingerprint density at radius 3 is 2.00 bits per heavy atom. The van der Waals surface area contributed by atoms with Crippen molar-refractivity contribution in [2.45, 2.75) is 18.8 Å². The minimum atomic E-state index is -4.68. The summed E-state index contributed by atoms with van der Waals surface area (Å²) in [4.78, 5) is 9.71. The maximum absolute atomic E-state index is 11.8. The Morgan fingerprint density at radius 2 is 1.90 bits per heavy atom. The summed E-state index contributed by atoms with van der Waals surface area (Å²) < 4.78 is 45.5. The molecule has 0 N–H and O–H groups in total. The second-order valence-electron chi connectivity index (χ2n) is 1.59. The van der Waals surface area contributed by atoms with Crippen molar-refractivity contribution in [3.05, 3.63) is 0 Å². The summed E-state index contributed by atoms with van der Waals surface area (Å²) in [5.41, 5.74) is 0. The van der Waals surface area contributed by atoms with Crippen LogP contribution in [0.2, 0.25) is 0 Å². The van der Waals surface area contributed by atoms with E-state index in [9.17, 15) is 22.4 Å². The van der Waals surface area contributed by atoms with E-state index in [1.54, 1.807) is 0 Å². The highest BCUT2D eigenvalue weighted by Crippen LogP contribution is 2.23. The van der Waals surface area contributed by atoms with Crippen LogP contribution in [0.15, 0.2) is 0 Å². The predicted molar refractivity (Wildman–Crippen MR) is 26.4 cm³/mol. The maximum Gasteiger partial charge on any atom is 0.392 e. The Balaban J connectivity index is 3.80. The summed E-state index contributed by atoms with van der Waals surface area (Å²) in [6.07, 6.45) is -9.12. The van der Waals surface area contributed by atoms with Gasteiger partial charge in [-0.3, -0.25) is 4.79 Å². The zero-order valence-electron chi connectivity index (χ0n) is 4.58. The van der Waals surface area contributed by atoms with Gasteiger partial charge in [-0.25, -0.2) is 4.39 Å². The Hall–Kier alpha value is -0.320. The number of hydrogen-bond acceptors (Lipinski definition) is 1. The molecule has 0 aromatic carbocycles. The quantitative estimate of drug-likeness (QED) is 0.467. The normalized spacial score (nSPS) is 14.9. The predicted octanol–water partition coefficient (Wildman–Crippen LogP) is 2.04. The summed E-state index contributed by atoms with van der Waals surface area (Å²) in [7, 11) is 0. The zero-order chi connectivity index (χ0) is 8.36. The van der Waals surface area contributed by atoms with Crippen molar-refractivity contribution in [2.75, 3.05) is 0 Å². The SMILES string of the molecule is O=C(Cl)C(F)CC(F)(F)F. The standard InChI is InChI=1S/C4H3ClF4O/c5-3(10)2(6)1-4(7,8)9/h2H,1H2. The van der Waals surface area contributed by atoms with Crippen LogP contribution in [-0.4, -0.2) is 17.6 Å². The topological polar surface area (TPSA) is 17.1 Å². The molecule has 6 heteroatoms. The van der Waals surface area contributed by atoms with Gasteiger partial charge < -0.3 is 0 Å². The number of hydrogen-bond donors (Lipinski definition) is 0. The Labute approximate surface area is 59.0 Å². The van der Waals surface area contributed by atoms with E-state index in [2.05, 4.69) is 11.6 Å². The molecule has 0 aromatic rings. The largest absolute Gasteiger partial charge is 0.392 e. The molecule has 0 rings (SSSR count). The molecular formula is C4H3ClF4O. The molecule has 0 saturated heterocycles. The molecule has 0 aliphatic heterocycles. The molecular weight excluding hydrogens is 175 g/mol. The van der Waals surface area contributed by atoms with Gasteiger partial charge in [-0.15, -0.1) is 0 Å². The van der Waals surface area contributed by atoms with Gasteiger partial charge in [0.15, 0.2) is 6.17 Å². The molecule has 1 atom stereocenters. The van der Waals surface area contributed by atoms with Crippen molar-refractivity contribution in [3.63, 3.8) is 0 Å². The van der Waals surface area contributed by atoms with Gasteiger partial charge in [-0.05, 0) is 11.6 Å². The van der Waals surface area contributed by atoms with E-state index in [0.717, 1.165) is 0 Å². The van der Waals surface area contributed by atoms with Crippen molar-refractivity contribution < 1.29 is 22.4 Å². The minimum absolute atomic E-state index is 1.61. The summed E-state index contributed by atoms with van der Waals surface area (Å²) in [6, 6.07) is 0. The molecule has 0 aliphatic rings. The Kier molecular flexibility index (Phi) is 3.08.